The maximum atomic E-state index is 13.9. The summed E-state index contributed by atoms with van der Waals surface area (Å²) < 4.78 is 13.9. The topological polar surface area (TPSA) is 60.9 Å². The quantitative estimate of drug-likeness (QED) is 0.747. The summed E-state index contributed by atoms with van der Waals surface area (Å²) in [6.45, 7) is 4.64. The Kier molecular flexibility index (Phi) is 5.05. The first-order valence-corrected chi connectivity index (χ1v) is 9.70. The number of imide groups is 1. The molecule has 0 spiro atoms. The molecule has 3 amide bonds. The van der Waals surface area contributed by atoms with Crippen molar-refractivity contribution in [3.05, 3.63) is 65.0 Å². The van der Waals surface area contributed by atoms with Crippen LogP contribution in [-0.4, -0.2) is 60.2 Å². The standard InChI is InChI=1S/C22H22FN3O3/c1-15-4-2-5-16(14-15)24-10-12-25(13-11-24)19(27)8-9-26-21(28)17-6-3-7-18(23)20(17)22(26)29/h2-7,14H,8-13H2,1H3. The molecule has 0 bridgehead atoms. The van der Waals surface area contributed by atoms with Crippen molar-refractivity contribution in [3.8, 4) is 0 Å². The minimum Gasteiger partial charge on any atom is -0.368 e. The van der Waals surface area contributed by atoms with E-state index in [2.05, 4.69) is 17.0 Å². The molecule has 7 heteroatoms. The number of rotatable bonds is 4. The first-order chi connectivity index (χ1) is 14.0. The van der Waals surface area contributed by atoms with Gasteiger partial charge in [-0.05, 0) is 36.8 Å². The second-order valence-electron chi connectivity index (χ2n) is 7.38. The molecular formula is C22H22FN3O3. The highest BCUT2D eigenvalue weighted by molar-refractivity contribution is 6.21. The number of benzene rings is 2. The molecule has 150 valence electrons. The highest BCUT2D eigenvalue weighted by Crippen LogP contribution is 2.25. The molecule has 2 aliphatic heterocycles. The summed E-state index contributed by atoms with van der Waals surface area (Å²) in [6.07, 6.45) is 0.0392. The monoisotopic (exact) mass is 395 g/mol. The fourth-order valence-electron chi connectivity index (χ4n) is 3.90. The van der Waals surface area contributed by atoms with Gasteiger partial charge in [0.05, 0.1) is 11.1 Å². The van der Waals surface area contributed by atoms with E-state index in [0.717, 1.165) is 29.7 Å². The number of carbonyl (C=O) groups is 3. The maximum Gasteiger partial charge on any atom is 0.264 e. The molecule has 0 N–H and O–H groups in total. The van der Waals surface area contributed by atoms with Crippen molar-refractivity contribution in [1.29, 1.82) is 0 Å². The van der Waals surface area contributed by atoms with Crippen LogP contribution in [0.1, 0.15) is 32.7 Å². The predicted molar refractivity (Wildman–Crippen MR) is 106 cm³/mol. The Labute approximate surface area is 168 Å². The van der Waals surface area contributed by atoms with Crippen molar-refractivity contribution in [2.75, 3.05) is 37.6 Å². The van der Waals surface area contributed by atoms with Crippen LogP contribution in [-0.2, 0) is 4.79 Å². The molecule has 0 unspecified atom stereocenters. The van der Waals surface area contributed by atoms with Gasteiger partial charge in [-0.3, -0.25) is 19.3 Å². The molecule has 4 rings (SSSR count). The van der Waals surface area contributed by atoms with E-state index in [0.29, 0.717) is 13.1 Å². The van der Waals surface area contributed by atoms with Crippen LogP contribution in [0.4, 0.5) is 10.1 Å². The Morgan fingerprint density at radius 2 is 1.72 bits per heavy atom. The molecule has 2 heterocycles. The molecule has 0 saturated carbocycles. The third-order valence-corrected chi connectivity index (χ3v) is 5.50. The van der Waals surface area contributed by atoms with Gasteiger partial charge in [-0.2, -0.15) is 0 Å². The Bertz CT molecular complexity index is 983. The normalized spacial score (nSPS) is 16.4. The van der Waals surface area contributed by atoms with Gasteiger partial charge in [-0.1, -0.05) is 18.2 Å². The second kappa shape index (κ2) is 7.66. The minimum atomic E-state index is -0.707. The summed E-state index contributed by atoms with van der Waals surface area (Å²) in [5.41, 5.74) is 2.20. The summed E-state index contributed by atoms with van der Waals surface area (Å²) in [5, 5.41) is 0. The van der Waals surface area contributed by atoms with Crippen molar-refractivity contribution in [2.24, 2.45) is 0 Å². The van der Waals surface area contributed by atoms with Crippen LogP contribution in [0.15, 0.2) is 42.5 Å². The van der Waals surface area contributed by atoms with Gasteiger partial charge >= 0.3 is 0 Å². The summed E-state index contributed by atoms with van der Waals surface area (Å²) in [6, 6.07) is 12.3. The Hall–Kier alpha value is -3.22. The Morgan fingerprint density at radius 3 is 2.41 bits per heavy atom. The molecule has 0 aromatic heterocycles. The van der Waals surface area contributed by atoms with Crippen LogP contribution < -0.4 is 4.90 Å². The van der Waals surface area contributed by atoms with Crippen molar-refractivity contribution in [2.45, 2.75) is 13.3 Å². The Balaban J connectivity index is 1.33. The average molecular weight is 395 g/mol. The lowest BCUT2D eigenvalue weighted by Crippen LogP contribution is -2.49. The number of carbonyl (C=O) groups excluding carboxylic acids is 3. The number of nitrogens with zero attached hydrogens (tertiary/aromatic N) is 3. The highest BCUT2D eigenvalue weighted by atomic mass is 19.1. The van der Waals surface area contributed by atoms with Gasteiger partial charge in [0, 0.05) is 44.8 Å². The van der Waals surface area contributed by atoms with Crippen molar-refractivity contribution < 1.29 is 18.8 Å². The van der Waals surface area contributed by atoms with E-state index in [9.17, 15) is 18.8 Å². The zero-order chi connectivity index (χ0) is 20.5. The van der Waals surface area contributed by atoms with Gasteiger partial charge in [0.2, 0.25) is 5.91 Å². The molecular weight excluding hydrogens is 373 g/mol. The van der Waals surface area contributed by atoms with Gasteiger partial charge in [-0.25, -0.2) is 4.39 Å². The molecule has 1 fully saturated rings. The number of aryl methyl sites for hydroxylation is 1. The molecule has 0 radical (unpaired) electrons. The number of halogens is 1. The Morgan fingerprint density at radius 1 is 1.00 bits per heavy atom. The lowest BCUT2D eigenvalue weighted by Gasteiger charge is -2.36. The average Bonchev–Trinajstić information content (AvgIpc) is 2.97. The maximum absolute atomic E-state index is 13.9. The van der Waals surface area contributed by atoms with Crippen LogP contribution in [0.3, 0.4) is 0 Å². The summed E-state index contributed by atoms with van der Waals surface area (Å²) in [5.74, 6) is -2.02. The van der Waals surface area contributed by atoms with E-state index in [1.807, 2.05) is 19.1 Å². The fourth-order valence-corrected chi connectivity index (χ4v) is 3.90. The van der Waals surface area contributed by atoms with E-state index in [-0.39, 0.29) is 30.0 Å². The van der Waals surface area contributed by atoms with E-state index in [1.54, 1.807) is 4.90 Å². The van der Waals surface area contributed by atoms with Gasteiger partial charge in [0.1, 0.15) is 5.82 Å². The largest absolute Gasteiger partial charge is 0.368 e. The fraction of sp³-hybridized carbons (Fsp3) is 0.318. The van der Waals surface area contributed by atoms with Crippen molar-refractivity contribution in [1.82, 2.24) is 9.80 Å². The number of fused-ring (bicyclic) bond motifs is 1. The third-order valence-electron chi connectivity index (χ3n) is 5.50. The number of anilines is 1. The molecule has 2 aromatic carbocycles. The van der Waals surface area contributed by atoms with Crippen LogP contribution in [0.5, 0.6) is 0 Å². The number of hydrogen-bond acceptors (Lipinski definition) is 4. The molecule has 2 aliphatic rings. The molecule has 1 saturated heterocycles. The summed E-state index contributed by atoms with van der Waals surface area (Å²) in [4.78, 5) is 42.3. The second-order valence-corrected chi connectivity index (χ2v) is 7.38. The molecule has 29 heavy (non-hydrogen) atoms. The van der Waals surface area contributed by atoms with Gasteiger partial charge < -0.3 is 9.80 Å². The molecule has 0 atom stereocenters. The van der Waals surface area contributed by atoms with Crippen LogP contribution >= 0.6 is 0 Å². The predicted octanol–water partition coefficient (Wildman–Crippen LogP) is 2.47. The van der Waals surface area contributed by atoms with Crippen molar-refractivity contribution in [3.63, 3.8) is 0 Å². The SMILES string of the molecule is Cc1cccc(N2CCN(C(=O)CCN3C(=O)c4cccc(F)c4C3=O)CC2)c1. The van der Waals surface area contributed by atoms with Crippen LogP contribution in [0.25, 0.3) is 0 Å². The number of piperazine rings is 1. The first-order valence-electron chi connectivity index (χ1n) is 9.70. The van der Waals surface area contributed by atoms with Gasteiger partial charge in [0.15, 0.2) is 0 Å². The smallest absolute Gasteiger partial charge is 0.264 e. The van der Waals surface area contributed by atoms with E-state index >= 15 is 0 Å². The van der Waals surface area contributed by atoms with E-state index < -0.39 is 17.6 Å². The van der Waals surface area contributed by atoms with Gasteiger partial charge in [-0.15, -0.1) is 0 Å². The first kappa shape index (κ1) is 19.1. The van der Waals surface area contributed by atoms with E-state index in [1.165, 1.54) is 17.7 Å². The lowest BCUT2D eigenvalue weighted by atomic mass is 10.1. The van der Waals surface area contributed by atoms with Crippen LogP contribution in [0.2, 0.25) is 0 Å². The summed E-state index contributed by atoms with van der Waals surface area (Å²) in [7, 11) is 0. The summed E-state index contributed by atoms with van der Waals surface area (Å²) >= 11 is 0. The number of amides is 3. The molecule has 2 aromatic rings. The van der Waals surface area contributed by atoms with Crippen LogP contribution in [0, 0.1) is 12.7 Å². The van der Waals surface area contributed by atoms with E-state index in [4.69, 9.17) is 0 Å². The van der Waals surface area contributed by atoms with Gasteiger partial charge in [0.25, 0.3) is 11.8 Å². The lowest BCUT2D eigenvalue weighted by molar-refractivity contribution is -0.131. The zero-order valence-electron chi connectivity index (χ0n) is 16.2. The minimum absolute atomic E-state index is 0.0390. The molecule has 0 aliphatic carbocycles. The third kappa shape index (κ3) is 3.60. The van der Waals surface area contributed by atoms with Crippen molar-refractivity contribution >= 4 is 23.4 Å². The number of hydrogen-bond donors (Lipinski definition) is 0. The zero-order valence-corrected chi connectivity index (χ0v) is 16.2. The highest BCUT2D eigenvalue weighted by Gasteiger charge is 2.38. The molecule has 6 nitrogen and oxygen atoms in total.